The fourth-order valence-corrected chi connectivity index (χ4v) is 8.62. The Hall–Kier alpha value is -7.90. The topological polar surface area (TPSA) is 245 Å². The lowest BCUT2D eigenvalue weighted by Gasteiger charge is -2.36. The normalized spacial score (nSPS) is 11.8. The van der Waals surface area contributed by atoms with Crippen molar-refractivity contribution in [1.82, 2.24) is 18.3 Å². The molecule has 0 spiro atoms. The molecule has 9 aromatic rings. The highest BCUT2D eigenvalue weighted by Gasteiger charge is 2.38. The number of hydrogen-bond acceptors (Lipinski definition) is 14. The van der Waals surface area contributed by atoms with Crippen molar-refractivity contribution in [1.29, 1.82) is 0 Å². The molecule has 0 aliphatic carbocycles. The van der Waals surface area contributed by atoms with Crippen LogP contribution in [0.3, 0.4) is 0 Å². The zero-order chi connectivity index (χ0) is 47.7. The quantitative estimate of drug-likeness (QED) is 0.121. The molecule has 0 atom stereocenters. The average molecular weight is 911 g/mol. The Labute approximate surface area is 376 Å². The van der Waals surface area contributed by atoms with Crippen LogP contribution in [-0.2, 0) is 36.5 Å². The third-order valence-electron chi connectivity index (χ3n) is 11.9. The summed E-state index contributed by atoms with van der Waals surface area (Å²) in [4.78, 5) is 101. The summed E-state index contributed by atoms with van der Waals surface area (Å²) in [6.07, 6.45) is 0. The predicted molar refractivity (Wildman–Crippen MR) is 249 cm³/mol. The molecule has 0 fully saturated rings. The third-order valence-corrected chi connectivity index (χ3v) is 11.9. The molecule has 0 saturated carbocycles. The van der Waals surface area contributed by atoms with E-state index in [1.54, 1.807) is 14.2 Å². The van der Waals surface area contributed by atoms with Crippen LogP contribution in [0.15, 0.2) is 141 Å². The largest absolute Gasteiger partial charge is 0.497 e. The van der Waals surface area contributed by atoms with Gasteiger partial charge in [0.25, 0.3) is 44.5 Å². The molecule has 3 N–H and O–H groups in total. The highest BCUT2D eigenvalue weighted by molar-refractivity contribution is 5.98. The molecule has 0 amide bonds. The van der Waals surface area contributed by atoms with Crippen LogP contribution in [0.1, 0.15) is 16.7 Å². The first-order valence-electron chi connectivity index (χ1n) is 21.0. The van der Waals surface area contributed by atoms with E-state index in [1.165, 1.54) is 24.3 Å². The summed E-state index contributed by atoms with van der Waals surface area (Å²) in [5, 5.41) is 27.4. The van der Waals surface area contributed by atoms with Crippen LogP contribution in [0.25, 0.3) is 43.1 Å². The molecule has 0 radical (unpaired) electrons. The number of aliphatic hydroxyl groups excluding tert-OH is 3. The van der Waals surface area contributed by atoms with Crippen molar-refractivity contribution in [3.8, 4) is 11.5 Å². The van der Waals surface area contributed by atoms with E-state index < -0.39 is 56.7 Å². The van der Waals surface area contributed by atoms with E-state index in [-0.39, 0.29) is 89.1 Å². The van der Waals surface area contributed by atoms with Gasteiger partial charge >= 0.3 is 0 Å². The molecule has 5 aromatic carbocycles. The SMILES string of the molecule is COc1ccc(C(OCCn2c(=O)c3cc4c(=O)n(CCO)c(=O)c4cc3c2=O)(c2ccccc2)c2ccc(OC)cc2)cc1.O=c1c2cc3c(=O)n(CCO)c(=O)c3cc2c(=O)n1CCO. The van der Waals surface area contributed by atoms with Crippen molar-refractivity contribution in [3.63, 3.8) is 0 Å². The molecule has 0 bridgehead atoms. The first kappa shape index (κ1) is 45.7. The molecular formula is C49H42N4O14. The smallest absolute Gasteiger partial charge is 0.261 e. The zero-order valence-electron chi connectivity index (χ0n) is 36.1. The second kappa shape index (κ2) is 18.5. The highest BCUT2D eigenvalue weighted by atomic mass is 16.5. The molecule has 18 heteroatoms. The number of benzene rings is 5. The Bertz CT molecular complexity index is 3450. The van der Waals surface area contributed by atoms with Gasteiger partial charge in [-0.05, 0) is 65.2 Å². The van der Waals surface area contributed by atoms with Gasteiger partial charge in [0.1, 0.15) is 17.1 Å². The third kappa shape index (κ3) is 7.70. The second-order valence-electron chi connectivity index (χ2n) is 15.5. The van der Waals surface area contributed by atoms with Crippen LogP contribution in [0, 0.1) is 0 Å². The van der Waals surface area contributed by atoms with Crippen molar-refractivity contribution < 1.29 is 29.5 Å². The maximum absolute atomic E-state index is 13.5. The van der Waals surface area contributed by atoms with Crippen molar-refractivity contribution in [2.24, 2.45) is 0 Å². The zero-order valence-corrected chi connectivity index (χ0v) is 36.1. The lowest BCUT2D eigenvalue weighted by atomic mass is 9.80. The molecule has 4 aromatic heterocycles. The van der Waals surface area contributed by atoms with E-state index in [1.807, 2.05) is 78.9 Å². The van der Waals surface area contributed by atoms with E-state index >= 15 is 0 Å². The molecule has 67 heavy (non-hydrogen) atoms. The lowest BCUT2D eigenvalue weighted by molar-refractivity contribution is 0.00782. The van der Waals surface area contributed by atoms with Gasteiger partial charge in [-0.2, -0.15) is 0 Å². The standard InChI is InChI=1S/C35H30N2O8.C14H12N2O6/c1-43-25-12-8-23(9-13-25)35(22-6-4-3-5-7-22,24-10-14-26(44-2)15-11-24)45-19-17-37-33(41)29-20-27-28(21-30(29)34(37)42)32(40)36(16-18-38)31(27)39;17-3-1-15-11(19)7-5-9-10(6-8(7)12(15)20)14(22)16(2-4-18)13(9)21/h3-15,20-21,38H,16-19H2,1-2H3;5-6,17-18H,1-4H2. The summed E-state index contributed by atoms with van der Waals surface area (Å²) in [7, 11) is 3.18. The van der Waals surface area contributed by atoms with Gasteiger partial charge in [0.15, 0.2) is 0 Å². The number of ether oxygens (including phenoxy) is 3. The number of rotatable bonds is 15. The van der Waals surface area contributed by atoms with Crippen LogP contribution >= 0.6 is 0 Å². The maximum atomic E-state index is 13.5. The van der Waals surface area contributed by atoms with Gasteiger partial charge in [0.05, 0.1) is 110 Å². The molecule has 9 rings (SSSR count). The van der Waals surface area contributed by atoms with Gasteiger partial charge < -0.3 is 29.5 Å². The van der Waals surface area contributed by atoms with Crippen molar-refractivity contribution >= 4 is 43.1 Å². The Kier molecular flexibility index (Phi) is 12.6. The number of aromatic nitrogens is 4. The predicted octanol–water partition coefficient (Wildman–Crippen LogP) is 0.828. The van der Waals surface area contributed by atoms with Crippen LogP contribution in [-0.4, -0.2) is 74.2 Å². The van der Waals surface area contributed by atoms with E-state index in [4.69, 9.17) is 24.4 Å². The lowest BCUT2D eigenvalue weighted by Crippen LogP contribution is -2.36. The summed E-state index contributed by atoms with van der Waals surface area (Å²) < 4.78 is 21.3. The molecule has 18 nitrogen and oxygen atoms in total. The second-order valence-corrected chi connectivity index (χ2v) is 15.5. The summed E-state index contributed by atoms with van der Waals surface area (Å²) in [6.45, 7) is -1.72. The summed E-state index contributed by atoms with van der Waals surface area (Å²) in [5.74, 6) is 1.34. The summed E-state index contributed by atoms with van der Waals surface area (Å²) in [6, 6.07) is 29.7. The molecule has 0 aliphatic rings. The fourth-order valence-electron chi connectivity index (χ4n) is 8.62. The van der Waals surface area contributed by atoms with Gasteiger partial charge in [0, 0.05) is 0 Å². The number of nitrogens with zero attached hydrogens (tertiary/aromatic N) is 4. The van der Waals surface area contributed by atoms with Gasteiger partial charge in [-0.3, -0.25) is 56.6 Å². The minimum absolute atomic E-state index is 0.0357. The highest BCUT2D eigenvalue weighted by Crippen LogP contribution is 2.41. The molecular weight excluding hydrogens is 869 g/mol. The minimum atomic E-state index is -1.14. The molecule has 0 unspecified atom stereocenters. The Morgan fingerprint density at radius 2 is 0.657 bits per heavy atom. The molecule has 342 valence electrons. The van der Waals surface area contributed by atoms with Gasteiger partial charge in [-0.1, -0.05) is 54.6 Å². The van der Waals surface area contributed by atoms with Gasteiger partial charge in [-0.15, -0.1) is 0 Å². The van der Waals surface area contributed by atoms with E-state index in [9.17, 15) is 43.5 Å². The number of aliphatic hydroxyl groups is 3. The van der Waals surface area contributed by atoms with Crippen LogP contribution in [0.5, 0.6) is 11.5 Å². The molecule has 0 saturated heterocycles. The average Bonchev–Trinajstić information content (AvgIpc) is 3.92. The first-order chi connectivity index (χ1) is 32.3. The fraction of sp³-hybridized carbons (Fsp3) is 0.224. The van der Waals surface area contributed by atoms with Crippen LogP contribution in [0.4, 0.5) is 0 Å². The Balaban J connectivity index is 0.000000231. The van der Waals surface area contributed by atoms with E-state index in [2.05, 4.69) is 0 Å². The number of fused-ring (bicyclic) bond motifs is 4. The van der Waals surface area contributed by atoms with E-state index in [0.717, 1.165) is 35.0 Å². The minimum Gasteiger partial charge on any atom is -0.497 e. The summed E-state index contributed by atoms with van der Waals surface area (Å²) in [5.41, 5.74) is -3.52. The number of methoxy groups -OCH3 is 2. The Morgan fingerprint density at radius 3 is 0.925 bits per heavy atom. The summed E-state index contributed by atoms with van der Waals surface area (Å²) >= 11 is 0. The van der Waals surface area contributed by atoms with Crippen molar-refractivity contribution in [3.05, 3.63) is 203 Å². The van der Waals surface area contributed by atoms with Crippen LogP contribution < -0.4 is 53.9 Å². The Morgan fingerprint density at radius 1 is 0.388 bits per heavy atom. The van der Waals surface area contributed by atoms with Crippen molar-refractivity contribution in [2.45, 2.75) is 31.8 Å². The molecule has 0 aliphatic heterocycles. The van der Waals surface area contributed by atoms with Crippen LogP contribution in [0.2, 0.25) is 0 Å². The monoisotopic (exact) mass is 910 g/mol. The van der Waals surface area contributed by atoms with Crippen molar-refractivity contribution in [2.75, 3.05) is 40.6 Å². The maximum Gasteiger partial charge on any atom is 0.261 e. The van der Waals surface area contributed by atoms with Gasteiger partial charge in [0.2, 0.25) is 0 Å². The first-order valence-corrected chi connectivity index (χ1v) is 21.0. The van der Waals surface area contributed by atoms with Gasteiger partial charge in [-0.25, -0.2) is 0 Å². The molecule has 4 heterocycles. The van der Waals surface area contributed by atoms with E-state index in [0.29, 0.717) is 11.5 Å². The number of hydrogen-bond donors (Lipinski definition) is 3.